The Labute approximate surface area is 93.8 Å². The molecule has 0 aromatic carbocycles. The van der Waals surface area contributed by atoms with E-state index in [0.717, 1.165) is 25.7 Å². The third-order valence-electron chi connectivity index (χ3n) is 2.75. The number of hydrogen-bond donors (Lipinski definition) is 2. The summed E-state index contributed by atoms with van der Waals surface area (Å²) >= 11 is 1.64. The van der Waals surface area contributed by atoms with Gasteiger partial charge in [0.05, 0.1) is 11.7 Å². The number of aliphatic carboxylic acids is 1. The molecule has 1 fully saturated rings. The summed E-state index contributed by atoms with van der Waals surface area (Å²) in [7, 11) is 1.63. The molecular formula is C10H17NO3S. The zero-order chi connectivity index (χ0) is 11.3. The van der Waals surface area contributed by atoms with Gasteiger partial charge in [0, 0.05) is 12.3 Å². The smallest absolute Gasteiger partial charge is 0.306 e. The highest BCUT2D eigenvalue weighted by Gasteiger charge is 2.26. The Kier molecular flexibility index (Phi) is 4.94. The Balaban J connectivity index is 2.20. The molecule has 5 heteroatoms. The van der Waals surface area contributed by atoms with E-state index < -0.39 is 5.97 Å². The Morgan fingerprint density at radius 2 is 1.93 bits per heavy atom. The van der Waals surface area contributed by atoms with Crippen LogP contribution >= 0.6 is 11.8 Å². The largest absolute Gasteiger partial charge is 0.481 e. The van der Waals surface area contributed by atoms with Crippen LogP contribution in [0.15, 0.2) is 0 Å². The van der Waals surface area contributed by atoms with E-state index in [9.17, 15) is 9.59 Å². The molecule has 1 aliphatic carbocycles. The van der Waals surface area contributed by atoms with Crippen LogP contribution in [0.3, 0.4) is 0 Å². The third kappa shape index (κ3) is 4.11. The van der Waals surface area contributed by atoms with Crippen LogP contribution in [0.1, 0.15) is 25.7 Å². The van der Waals surface area contributed by atoms with Crippen molar-refractivity contribution in [2.45, 2.75) is 30.9 Å². The maximum absolute atomic E-state index is 11.0. The molecule has 2 N–H and O–H groups in total. The van der Waals surface area contributed by atoms with Crippen LogP contribution in [0.4, 0.5) is 0 Å². The second kappa shape index (κ2) is 6.00. The summed E-state index contributed by atoms with van der Waals surface area (Å²) < 4.78 is 0. The summed E-state index contributed by atoms with van der Waals surface area (Å²) in [6, 6.07) is 0. The average Bonchev–Trinajstić information content (AvgIpc) is 2.26. The van der Waals surface area contributed by atoms with Gasteiger partial charge in [-0.15, -0.1) is 11.8 Å². The summed E-state index contributed by atoms with van der Waals surface area (Å²) in [6.45, 7) is 0. The first kappa shape index (κ1) is 12.4. The van der Waals surface area contributed by atoms with Crippen LogP contribution in [0.25, 0.3) is 0 Å². The molecule has 1 amide bonds. The molecule has 0 unspecified atom stereocenters. The number of carbonyl (C=O) groups is 2. The highest BCUT2D eigenvalue weighted by Crippen LogP contribution is 2.31. The first-order valence-electron chi connectivity index (χ1n) is 5.18. The molecule has 15 heavy (non-hydrogen) atoms. The van der Waals surface area contributed by atoms with Crippen LogP contribution < -0.4 is 5.32 Å². The van der Waals surface area contributed by atoms with E-state index in [2.05, 4.69) is 5.32 Å². The summed E-state index contributed by atoms with van der Waals surface area (Å²) in [5.41, 5.74) is 0. The van der Waals surface area contributed by atoms with Gasteiger partial charge in [-0.25, -0.2) is 0 Å². The van der Waals surface area contributed by atoms with E-state index in [1.54, 1.807) is 18.8 Å². The fourth-order valence-electron chi connectivity index (χ4n) is 1.74. The first-order valence-corrected chi connectivity index (χ1v) is 6.23. The highest BCUT2D eigenvalue weighted by molar-refractivity contribution is 8.00. The minimum absolute atomic E-state index is 0.0420. The van der Waals surface area contributed by atoms with Crippen LogP contribution in [-0.2, 0) is 9.59 Å². The van der Waals surface area contributed by atoms with Gasteiger partial charge in [0.25, 0.3) is 0 Å². The van der Waals surface area contributed by atoms with Crippen molar-refractivity contribution in [2.24, 2.45) is 5.92 Å². The third-order valence-corrected chi connectivity index (χ3v) is 4.12. The molecule has 0 bridgehead atoms. The number of nitrogens with one attached hydrogen (secondary N) is 1. The Bertz CT molecular complexity index is 237. The lowest BCUT2D eigenvalue weighted by Crippen LogP contribution is -2.25. The summed E-state index contributed by atoms with van der Waals surface area (Å²) in [5, 5.41) is 11.8. The van der Waals surface area contributed by atoms with Crippen molar-refractivity contribution >= 4 is 23.6 Å². The van der Waals surface area contributed by atoms with Crippen molar-refractivity contribution < 1.29 is 14.7 Å². The molecule has 0 radical (unpaired) electrons. The lowest BCUT2D eigenvalue weighted by atomic mass is 9.89. The van der Waals surface area contributed by atoms with Crippen LogP contribution in [0, 0.1) is 5.92 Å². The molecule has 0 aromatic heterocycles. The molecule has 0 atom stereocenters. The van der Waals surface area contributed by atoms with Gasteiger partial charge >= 0.3 is 5.97 Å². The van der Waals surface area contributed by atoms with Crippen molar-refractivity contribution in [2.75, 3.05) is 12.8 Å². The predicted octanol–water partition coefficient (Wildman–Crippen LogP) is 1.11. The van der Waals surface area contributed by atoms with Gasteiger partial charge in [0.1, 0.15) is 0 Å². The van der Waals surface area contributed by atoms with E-state index in [4.69, 9.17) is 5.11 Å². The Hall–Kier alpha value is -0.710. The van der Waals surface area contributed by atoms with E-state index in [-0.39, 0.29) is 11.8 Å². The second-order valence-electron chi connectivity index (χ2n) is 3.80. The van der Waals surface area contributed by atoms with Crippen LogP contribution in [0.5, 0.6) is 0 Å². The number of thioether (sulfide) groups is 1. The minimum atomic E-state index is -0.676. The maximum atomic E-state index is 11.0. The zero-order valence-corrected chi connectivity index (χ0v) is 9.68. The van der Waals surface area contributed by atoms with Gasteiger partial charge < -0.3 is 10.4 Å². The molecule has 1 aliphatic rings. The van der Waals surface area contributed by atoms with Crippen molar-refractivity contribution in [1.82, 2.24) is 5.32 Å². The van der Waals surface area contributed by atoms with Crippen molar-refractivity contribution in [3.8, 4) is 0 Å². The topological polar surface area (TPSA) is 66.4 Å². The molecule has 1 rings (SSSR count). The number of carbonyl (C=O) groups excluding carboxylic acids is 1. The molecular weight excluding hydrogens is 214 g/mol. The van der Waals surface area contributed by atoms with Crippen LogP contribution in [-0.4, -0.2) is 35.0 Å². The van der Waals surface area contributed by atoms with E-state index in [0.29, 0.717) is 11.0 Å². The van der Waals surface area contributed by atoms with Gasteiger partial charge in [0.15, 0.2) is 0 Å². The normalized spacial score (nSPS) is 25.9. The molecule has 0 aromatic rings. The lowest BCUT2D eigenvalue weighted by Gasteiger charge is -2.25. The lowest BCUT2D eigenvalue weighted by molar-refractivity contribution is -0.142. The molecule has 4 nitrogen and oxygen atoms in total. The molecule has 0 spiro atoms. The van der Waals surface area contributed by atoms with Crippen LogP contribution in [0.2, 0.25) is 0 Å². The fraction of sp³-hybridized carbons (Fsp3) is 0.800. The molecule has 86 valence electrons. The Morgan fingerprint density at radius 3 is 2.40 bits per heavy atom. The minimum Gasteiger partial charge on any atom is -0.481 e. The number of carboxylic acids is 1. The summed E-state index contributed by atoms with van der Waals surface area (Å²) in [6.07, 6.45) is 3.33. The number of hydrogen-bond acceptors (Lipinski definition) is 3. The Morgan fingerprint density at radius 1 is 1.33 bits per heavy atom. The molecule has 1 saturated carbocycles. The number of amides is 1. The van der Waals surface area contributed by atoms with Crippen molar-refractivity contribution in [3.63, 3.8) is 0 Å². The summed E-state index contributed by atoms with van der Waals surface area (Å²) in [5.74, 6) is -0.314. The predicted molar refractivity (Wildman–Crippen MR) is 59.9 cm³/mol. The fourth-order valence-corrected chi connectivity index (χ4v) is 2.88. The van der Waals surface area contributed by atoms with Gasteiger partial charge in [-0.1, -0.05) is 0 Å². The van der Waals surface area contributed by atoms with E-state index >= 15 is 0 Å². The molecule has 0 heterocycles. The maximum Gasteiger partial charge on any atom is 0.306 e. The highest BCUT2D eigenvalue weighted by atomic mass is 32.2. The van der Waals surface area contributed by atoms with Gasteiger partial charge in [-0.2, -0.15) is 0 Å². The number of carboxylic acid groups (broad SMARTS) is 1. The SMILES string of the molecule is CNC(=O)CSC1CCC(C(=O)O)CC1. The molecule has 0 saturated heterocycles. The van der Waals surface area contributed by atoms with Gasteiger partial charge in [0.2, 0.25) is 5.91 Å². The molecule has 0 aliphatic heterocycles. The quantitative estimate of drug-likeness (QED) is 0.760. The zero-order valence-electron chi connectivity index (χ0n) is 8.86. The van der Waals surface area contributed by atoms with Crippen molar-refractivity contribution in [1.29, 1.82) is 0 Å². The monoisotopic (exact) mass is 231 g/mol. The second-order valence-corrected chi connectivity index (χ2v) is 5.08. The van der Waals surface area contributed by atoms with Crippen molar-refractivity contribution in [3.05, 3.63) is 0 Å². The number of rotatable bonds is 4. The standard InChI is InChI=1S/C10H17NO3S/c1-11-9(12)6-15-8-4-2-7(3-5-8)10(13)14/h7-8H,2-6H2,1H3,(H,11,12)(H,13,14). The van der Waals surface area contributed by atoms with Gasteiger partial charge in [-0.3, -0.25) is 9.59 Å². The first-order chi connectivity index (χ1) is 7.13. The van der Waals surface area contributed by atoms with E-state index in [1.165, 1.54) is 0 Å². The van der Waals surface area contributed by atoms with E-state index in [1.807, 2.05) is 0 Å². The van der Waals surface area contributed by atoms with Gasteiger partial charge in [-0.05, 0) is 25.7 Å². The summed E-state index contributed by atoms with van der Waals surface area (Å²) in [4.78, 5) is 21.7. The average molecular weight is 231 g/mol.